The van der Waals surface area contributed by atoms with E-state index in [2.05, 4.69) is 27.0 Å². The third kappa shape index (κ3) is 92.0. The smallest absolute Gasteiger partial charge is 0.0404 e. The fourth-order valence-corrected chi connectivity index (χ4v) is 0.232. The summed E-state index contributed by atoms with van der Waals surface area (Å²) in [5.41, 5.74) is 1.06. The van der Waals surface area contributed by atoms with Gasteiger partial charge in [0.05, 0.1) is 0 Å². The fourth-order valence-electron chi connectivity index (χ4n) is 0.232. The molecule has 0 amide bonds. The highest BCUT2D eigenvalue weighted by atomic mass is 13.7. The molecule has 0 saturated carbocycles. The summed E-state index contributed by atoms with van der Waals surface area (Å²) in [5.74, 6) is 0. The molecule has 0 fully saturated rings. The summed E-state index contributed by atoms with van der Waals surface area (Å²) in [6.07, 6.45) is 6.75. The van der Waals surface area contributed by atoms with E-state index in [4.69, 9.17) is 0 Å². The van der Waals surface area contributed by atoms with Crippen LogP contribution in [0, 0.1) is 0 Å². The molecule has 0 aliphatic heterocycles. The van der Waals surface area contributed by atoms with Crippen molar-refractivity contribution in [2.24, 2.45) is 0 Å². The van der Waals surface area contributed by atoms with Crippen LogP contribution < -0.4 is 0 Å². The van der Waals surface area contributed by atoms with Crippen LogP contribution in [0.25, 0.3) is 0 Å². The van der Waals surface area contributed by atoms with Gasteiger partial charge in [-0.1, -0.05) is 78.5 Å². The van der Waals surface area contributed by atoms with Crippen molar-refractivity contribution in [1.82, 2.24) is 0 Å². The van der Waals surface area contributed by atoms with Gasteiger partial charge < -0.3 is 0 Å². The zero-order valence-electron chi connectivity index (χ0n) is 9.35. The van der Waals surface area contributed by atoms with Crippen molar-refractivity contribution in [2.45, 2.75) is 48.5 Å². The van der Waals surface area contributed by atoms with Crippen molar-refractivity contribution in [2.75, 3.05) is 0 Å². The average molecular weight is 184 g/mol. The first-order valence-electron chi connectivity index (χ1n) is 4.63. The molecule has 0 N–H and O–H groups in total. The average Bonchev–Trinajstić information content (AvgIpc) is 2.06. The van der Waals surface area contributed by atoms with E-state index in [1.54, 1.807) is 6.08 Å². The summed E-state index contributed by atoms with van der Waals surface area (Å²) in [6, 6.07) is 0. The third-order valence-corrected chi connectivity index (χ3v) is 0.517. The Morgan fingerprint density at radius 3 is 1.62 bits per heavy atom. The van der Waals surface area contributed by atoms with Gasteiger partial charge in [-0.15, -0.1) is 0 Å². The minimum Gasteiger partial charge on any atom is -0.0991 e. The summed E-state index contributed by atoms with van der Waals surface area (Å²) in [6.45, 7) is 17.4. The first-order chi connectivity index (χ1) is 5.68. The lowest BCUT2D eigenvalue weighted by molar-refractivity contribution is 1.09. The van der Waals surface area contributed by atoms with E-state index in [-0.39, 0.29) is 7.43 Å². The first kappa shape index (κ1) is 22.8. The van der Waals surface area contributed by atoms with Gasteiger partial charge in [0.2, 0.25) is 0 Å². The lowest BCUT2D eigenvalue weighted by Gasteiger charge is -1.77. The molecule has 0 aromatic heterocycles. The topological polar surface area (TPSA) is 0 Å². The minimum atomic E-state index is 0. The van der Waals surface area contributed by atoms with E-state index in [0.29, 0.717) is 0 Å². The Morgan fingerprint density at radius 2 is 1.54 bits per heavy atom. The molecule has 0 heteroatoms. The van der Waals surface area contributed by atoms with Crippen molar-refractivity contribution < 1.29 is 0 Å². The van der Waals surface area contributed by atoms with E-state index < -0.39 is 0 Å². The predicted octanol–water partition coefficient (Wildman–Crippen LogP) is 5.38. The molecule has 0 aromatic rings. The SMILES string of the molecule is C.C=C/C=C\C(=C)C.CC.CCC. The van der Waals surface area contributed by atoms with Crippen molar-refractivity contribution in [3.63, 3.8) is 0 Å². The molecule has 0 rings (SSSR count). The summed E-state index contributed by atoms with van der Waals surface area (Å²) < 4.78 is 0. The quantitative estimate of drug-likeness (QED) is 0.505. The van der Waals surface area contributed by atoms with Crippen molar-refractivity contribution in [3.05, 3.63) is 37.0 Å². The zero-order valence-corrected chi connectivity index (χ0v) is 9.35. The van der Waals surface area contributed by atoms with Crippen LogP contribution in [-0.2, 0) is 0 Å². The zero-order chi connectivity index (χ0) is 10.4. The number of hydrogen-bond acceptors (Lipinski definition) is 0. The maximum absolute atomic E-state index is 3.66. The first-order valence-corrected chi connectivity index (χ1v) is 4.63. The van der Waals surface area contributed by atoms with E-state index in [1.807, 2.05) is 32.9 Å². The van der Waals surface area contributed by atoms with Gasteiger partial charge in [0, 0.05) is 0 Å². The monoisotopic (exact) mass is 184 g/mol. The van der Waals surface area contributed by atoms with E-state index in [0.717, 1.165) is 5.57 Å². The summed E-state index contributed by atoms with van der Waals surface area (Å²) >= 11 is 0. The van der Waals surface area contributed by atoms with Gasteiger partial charge in [-0.25, -0.2) is 0 Å². The lowest BCUT2D eigenvalue weighted by atomic mass is 10.3. The van der Waals surface area contributed by atoms with Crippen molar-refractivity contribution in [1.29, 1.82) is 0 Å². The molecule has 0 aliphatic rings. The molecule has 0 spiro atoms. The molecule has 0 aliphatic carbocycles. The number of hydrogen-bond donors (Lipinski definition) is 0. The van der Waals surface area contributed by atoms with Crippen LogP contribution in [0.3, 0.4) is 0 Å². The van der Waals surface area contributed by atoms with Gasteiger partial charge in [0.1, 0.15) is 0 Å². The molecule has 0 bridgehead atoms. The van der Waals surface area contributed by atoms with E-state index >= 15 is 0 Å². The second-order valence-electron chi connectivity index (χ2n) is 2.15. The highest BCUT2D eigenvalue weighted by Crippen LogP contribution is 1.86. The van der Waals surface area contributed by atoms with Crippen LogP contribution in [-0.4, -0.2) is 0 Å². The molecular formula is C13H28. The Labute approximate surface area is 86.1 Å². The van der Waals surface area contributed by atoms with Crippen molar-refractivity contribution in [3.8, 4) is 0 Å². The van der Waals surface area contributed by atoms with Crippen LogP contribution in [0.15, 0.2) is 37.0 Å². The van der Waals surface area contributed by atoms with Gasteiger partial charge in [0.25, 0.3) is 0 Å². The molecule has 0 unspecified atom stereocenters. The second kappa shape index (κ2) is 30.3. The van der Waals surface area contributed by atoms with Crippen LogP contribution in [0.4, 0.5) is 0 Å². The maximum atomic E-state index is 3.66. The minimum absolute atomic E-state index is 0. The third-order valence-electron chi connectivity index (χ3n) is 0.517. The molecule has 80 valence electrons. The van der Waals surface area contributed by atoms with Gasteiger partial charge in [0.15, 0.2) is 0 Å². The second-order valence-corrected chi connectivity index (χ2v) is 2.15. The van der Waals surface area contributed by atoms with Crippen molar-refractivity contribution >= 4 is 0 Å². The molecule has 0 heterocycles. The number of allylic oxidation sites excluding steroid dienone is 4. The molecule has 0 atom stereocenters. The van der Waals surface area contributed by atoms with Crippen LogP contribution in [0.2, 0.25) is 0 Å². The Hall–Kier alpha value is -0.780. The van der Waals surface area contributed by atoms with Crippen LogP contribution >= 0.6 is 0 Å². The molecule has 13 heavy (non-hydrogen) atoms. The largest absolute Gasteiger partial charge is 0.0991 e. The van der Waals surface area contributed by atoms with Crippen LogP contribution in [0.1, 0.15) is 48.5 Å². The van der Waals surface area contributed by atoms with E-state index in [9.17, 15) is 0 Å². The molecule has 0 aromatic carbocycles. The predicted molar refractivity (Wildman–Crippen MR) is 68.2 cm³/mol. The Bertz CT molecular complexity index is 107. The standard InChI is InChI=1S/C7H10.C3H8.C2H6.CH4/c1-4-5-6-7(2)3;1-3-2;1-2;/h4-6H,1-2H2,3H3;3H2,1-2H3;1-2H3;1H4/b6-5-;;;. The Kier molecular flexibility index (Phi) is 53.0. The summed E-state index contributed by atoms with van der Waals surface area (Å²) in [5, 5.41) is 0. The van der Waals surface area contributed by atoms with Gasteiger partial charge in [-0.05, 0) is 6.92 Å². The molecular weight excluding hydrogens is 156 g/mol. The highest BCUT2D eigenvalue weighted by molar-refractivity contribution is 5.15. The van der Waals surface area contributed by atoms with Gasteiger partial charge in [-0.3, -0.25) is 0 Å². The number of rotatable bonds is 2. The van der Waals surface area contributed by atoms with Gasteiger partial charge >= 0.3 is 0 Å². The Morgan fingerprint density at radius 1 is 1.23 bits per heavy atom. The normalized spacial score (nSPS) is 6.85. The summed E-state index contributed by atoms with van der Waals surface area (Å²) in [7, 11) is 0. The van der Waals surface area contributed by atoms with E-state index in [1.165, 1.54) is 6.42 Å². The molecule has 0 radical (unpaired) electrons. The van der Waals surface area contributed by atoms with Gasteiger partial charge in [-0.2, -0.15) is 0 Å². The maximum Gasteiger partial charge on any atom is -0.0404 e. The molecule has 0 nitrogen and oxygen atoms in total. The Balaban J connectivity index is -0.0000000581. The summed E-state index contributed by atoms with van der Waals surface area (Å²) in [4.78, 5) is 0. The lowest BCUT2D eigenvalue weighted by Crippen LogP contribution is -1.55. The highest BCUT2D eigenvalue weighted by Gasteiger charge is 1.65. The fraction of sp³-hybridized carbons (Fsp3) is 0.538. The molecule has 0 saturated heterocycles. The van der Waals surface area contributed by atoms with Crippen LogP contribution in [0.5, 0.6) is 0 Å².